The predicted molar refractivity (Wildman–Crippen MR) is 96.6 cm³/mol. The maximum atomic E-state index is 10.0. The molecule has 0 spiro atoms. The lowest BCUT2D eigenvalue weighted by Crippen LogP contribution is -2.59. The third kappa shape index (κ3) is 5.61. The van der Waals surface area contributed by atoms with Crippen molar-refractivity contribution in [2.75, 3.05) is 13.2 Å². The lowest BCUT2D eigenvalue weighted by molar-refractivity contribution is -0.291. The van der Waals surface area contributed by atoms with E-state index in [1.807, 2.05) is 0 Å². The van der Waals surface area contributed by atoms with E-state index < -0.39 is 30.7 Å². The van der Waals surface area contributed by atoms with Gasteiger partial charge in [-0.1, -0.05) is 13.8 Å². The Kier molecular flexibility index (Phi) is 8.04. The molecule has 1 aliphatic heterocycles. The highest BCUT2D eigenvalue weighted by atomic mass is 16.6. The van der Waals surface area contributed by atoms with Crippen LogP contribution in [0.3, 0.4) is 0 Å². The van der Waals surface area contributed by atoms with Gasteiger partial charge in [-0.15, -0.1) is 0 Å². The normalized spacial score (nSPS) is 43.4. The lowest BCUT2D eigenvalue weighted by atomic mass is 9.61. The molecule has 27 heavy (non-hydrogen) atoms. The highest BCUT2D eigenvalue weighted by Gasteiger charge is 2.45. The van der Waals surface area contributed by atoms with E-state index in [0.29, 0.717) is 12.8 Å². The van der Waals surface area contributed by atoms with E-state index in [2.05, 4.69) is 13.8 Å². The van der Waals surface area contributed by atoms with E-state index in [1.165, 1.54) is 0 Å². The number of rotatable bonds is 7. The zero-order chi connectivity index (χ0) is 20.4. The number of hydrogen-bond acceptors (Lipinski definition) is 8. The SMILES string of the molecule is CC(O)CCC1C(CO)CC(OCC2OC(O)C(O)C(O)C2O)CC1(C)C. The van der Waals surface area contributed by atoms with Crippen molar-refractivity contribution in [2.24, 2.45) is 17.3 Å². The summed E-state index contributed by atoms with van der Waals surface area (Å²) >= 11 is 0. The first-order chi connectivity index (χ1) is 12.6. The highest BCUT2D eigenvalue weighted by Crippen LogP contribution is 2.47. The second kappa shape index (κ2) is 9.45. The fourth-order valence-electron chi connectivity index (χ4n) is 4.64. The molecule has 2 rings (SSSR count). The molecule has 2 aliphatic rings. The molecule has 9 unspecified atom stereocenters. The molecule has 0 aromatic carbocycles. The van der Waals surface area contributed by atoms with Crippen molar-refractivity contribution in [1.82, 2.24) is 0 Å². The van der Waals surface area contributed by atoms with Crippen LogP contribution in [0.25, 0.3) is 0 Å². The summed E-state index contributed by atoms with van der Waals surface area (Å²) in [6, 6.07) is 0. The standard InChI is InChI=1S/C19H36O8/c1-10(21)4-5-13-11(8-20)6-12(7-19(13,2)3)26-9-14-15(22)16(23)17(24)18(25)27-14/h10-18,20-25H,4-9H2,1-3H3. The third-order valence-electron chi connectivity index (χ3n) is 6.21. The number of aliphatic hydroxyl groups excluding tert-OH is 6. The first-order valence-electron chi connectivity index (χ1n) is 9.85. The minimum absolute atomic E-state index is 0.0285. The van der Waals surface area contributed by atoms with Crippen LogP contribution in [0.1, 0.15) is 46.5 Å². The number of aliphatic hydroxyl groups is 6. The molecular weight excluding hydrogens is 356 g/mol. The van der Waals surface area contributed by atoms with Crippen LogP contribution in [0.15, 0.2) is 0 Å². The molecule has 2 fully saturated rings. The zero-order valence-electron chi connectivity index (χ0n) is 16.4. The Morgan fingerprint density at radius 3 is 2.37 bits per heavy atom. The van der Waals surface area contributed by atoms with Gasteiger partial charge in [0.1, 0.15) is 24.4 Å². The zero-order valence-corrected chi connectivity index (χ0v) is 16.4. The van der Waals surface area contributed by atoms with Gasteiger partial charge in [0.15, 0.2) is 6.29 Å². The monoisotopic (exact) mass is 392 g/mol. The van der Waals surface area contributed by atoms with E-state index >= 15 is 0 Å². The summed E-state index contributed by atoms with van der Waals surface area (Å²) in [6.07, 6.45) is -4.52. The summed E-state index contributed by atoms with van der Waals surface area (Å²) in [5.74, 6) is 0.319. The van der Waals surface area contributed by atoms with Gasteiger partial charge >= 0.3 is 0 Å². The average Bonchev–Trinajstić information content (AvgIpc) is 2.59. The maximum absolute atomic E-state index is 10.0. The molecule has 0 amide bonds. The largest absolute Gasteiger partial charge is 0.396 e. The second-order valence-corrected chi connectivity index (χ2v) is 8.90. The Morgan fingerprint density at radius 2 is 1.78 bits per heavy atom. The average molecular weight is 392 g/mol. The molecule has 160 valence electrons. The predicted octanol–water partition coefficient (Wildman–Crippen LogP) is -0.623. The molecule has 1 aliphatic carbocycles. The molecule has 6 N–H and O–H groups in total. The summed E-state index contributed by atoms with van der Waals surface area (Å²) in [6.45, 7) is 6.05. The molecule has 0 aromatic rings. The van der Waals surface area contributed by atoms with Gasteiger partial charge in [0.25, 0.3) is 0 Å². The van der Waals surface area contributed by atoms with Crippen LogP contribution >= 0.6 is 0 Å². The highest BCUT2D eigenvalue weighted by molar-refractivity contribution is 4.93. The van der Waals surface area contributed by atoms with Gasteiger partial charge in [0.2, 0.25) is 0 Å². The second-order valence-electron chi connectivity index (χ2n) is 8.90. The van der Waals surface area contributed by atoms with E-state index in [1.54, 1.807) is 6.92 Å². The Bertz CT molecular complexity index is 457. The van der Waals surface area contributed by atoms with Crippen molar-refractivity contribution in [3.05, 3.63) is 0 Å². The molecule has 9 atom stereocenters. The van der Waals surface area contributed by atoms with Gasteiger partial charge in [0.05, 0.1) is 18.8 Å². The van der Waals surface area contributed by atoms with Crippen molar-refractivity contribution >= 4 is 0 Å². The smallest absolute Gasteiger partial charge is 0.184 e. The number of hydrogen-bond donors (Lipinski definition) is 6. The van der Waals surface area contributed by atoms with Crippen molar-refractivity contribution in [1.29, 1.82) is 0 Å². The van der Waals surface area contributed by atoms with E-state index in [9.17, 15) is 30.6 Å². The molecule has 8 heteroatoms. The minimum Gasteiger partial charge on any atom is -0.396 e. The molecule has 0 bridgehead atoms. The molecule has 0 aromatic heterocycles. The van der Waals surface area contributed by atoms with Crippen LogP contribution in [-0.2, 0) is 9.47 Å². The van der Waals surface area contributed by atoms with Crippen molar-refractivity contribution < 1.29 is 40.1 Å². The van der Waals surface area contributed by atoms with E-state index in [0.717, 1.165) is 12.8 Å². The number of ether oxygens (including phenoxy) is 2. The van der Waals surface area contributed by atoms with Crippen LogP contribution in [0.2, 0.25) is 0 Å². The minimum atomic E-state index is -1.57. The van der Waals surface area contributed by atoms with Crippen molar-refractivity contribution in [2.45, 2.75) is 89.4 Å². The summed E-state index contributed by atoms with van der Waals surface area (Å²) < 4.78 is 11.1. The third-order valence-corrected chi connectivity index (χ3v) is 6.21. The summed E-state index contributed by atoms with van der Waals surface area (Å²) in [5, 5.41) is 58.4. The quantitative estimate of drug-likeness (QED) is 0.337. The molecule has 1 heterocycles. The van der Waals surface area contributed by atoms with Crippen LogP contribution in [0, 0.1) is 17.3 Å². The first-order valence-corrected chi connectivity index (χ1v) is 9.85. The molecule has 1 saturated carbocycles. The van der Waals surface area contributed by atoms with Crippen LogP contribution < -0.4 is 0 Å². The van der Waals surface area contributed by atoms with Gasteiger partial charge in [-0.05, 0) is 49.9 Å². The molecule has 0 radical (unpaired) electrons. The topological polar surface area (TPSA) is 140 Å². The van der Waals surface area contributed by atoms with Crippen LogP contribution in [-0.4, -0.2) is 86.8 Å². The summed E-state index contributed by atoms with van der Waals surface area (Å²) in [7, 11) is 0. The van der Waals surface area contributed by atoms with Crippen molar-refractivity contribution in [3.8, 4) is 0 Å². The fraction of sp³-hybridized carbons (Fsp3) is 1.00. The lowest BCUT2D eigenvalue weighted by Gasteiger charge is -2.47. The van der Waals surface area contributed by atoms with Gasteiger partial charge in [0, 0.05) is 6.61 Å². The Hall–Kier alpha value is -0.320. The summed E-state index contributed by atoms with van der Waals surface area (Å²) in [4.78, 5) is 0. The summed E-state index contributed by atoms with van der Waals surface area (Å²) in [5.41, 5.74) is -0.0908. The Morgan fingerprint density at radius 1 is 1.11 bits per heavy atom. The molecular formula is C19H36O8. The van der Waals surface area contributed by atoms with Gasteiger partial charge in [-0.2, -0.15) is 0 Å². The fourth-order valence-corrected chi connectivity index (χ4v) is 4.64. The Labute approximate surface area is 160 Å². The van der Waals surface area contributed by atoms with Gasteiger partial charge in [-0.25, -0.2) is 0 Å². The first kappa shape index (κ1) is 23.0. The van der Waals surface area contributed by atoms with Crippen LogP contribution in [0.5, 0.6) is 0 Å². The van der Waals surface area contributed by atoms with E-state index in [4.69, 9.17) is 9.47 Å². The maximum Gasteiger partial charge on any atom is 0.184 e. The van der Waals surface area contributed by atoms with E-state index in [-0.39, 0.29) is 42.7 Å². The van der Waals surface area contributed by atoms with Crippen LogP contribution in [0.4, 0.5) is 0 Å². The van der Waals surface area contributed by atoms with Gasteiger partial charge < -0.3 is 40.1 Å². The van der Waals surface area contributed by atoms with Gasteiger partial charge in [-0.3, -0.25) is 0 Å². The molecule has 8 nitrogen and oxygen atoms in total. The Balaban J connectivity index is 1.94. The molecule has 1 saturated heterocycles. The van der Waals surface area contributed by atoms with Crippen molar-refractivity contribution in [3.63, 3.8) is 0 Å².